The van der Waals surface area contributed by atoms with Crippen LogP contribution in [0.2, 0.25) is 0 Å². The third kappa shape index (κ3) is 3.55. The molecule has 27 heavy (non-hydrogen) atoms. The Morgan fingerprint density at radius 1 is 1.11 bits per heavy atom. The van der Waals surface area contributed by atoms with E-state index >= 15 is 0 Å². The molecule has 2 aliphatic rings. The highest BCUT2D eigenvalue weighted by molar-refractivity contribution is 5.84. The van der Waals surface area contributed by atoms with Gasteiger partial charge in [-0.05, 0) is 47.4 Å². The van der Waals surface area contributed by atoms with Gasteiger partial charge in [0.25, 0.3) is 0 Å². The second kappa shape index (κ2) is 6.94. The maximum absolute atomic E-state index is 6.05. The molecule has 0 amide bonds. The first-order valence-corrected chi connectivity index (χ1v) is 9.52. The topological polar surface area (TPSA) is 60.6 Å². The van der Waals surface area contributed by atoms with E-state index in [4.69, 9.17) is 13.9 Å². The Balaban J connectivity index is 1.30. The van der Waals surface area contributed by atoms with Gasteiger partial charge in [-0.15, -0.1) is 10.2 Å². The second-order valence-electron chi connectivity index (χ2n) is 7.38. The lowest BCUT2D eigenvalue weighted by Crippen LogP contribution is -2.37. The molecular weight excluding hydrogens is 342 g/mol. The van der Waals surface area contributed by atoms with E-state index in [0.717, 1.165) is 24.7 Å². The van der Waals surface area contributed by atoms with Gasteiger partial charge in [-0.1, -0.05) is 18.2 Å². The van der Waals surface area contributed by atoms with Crippen molar-refractivity contribution >= 4 is 10.8 Å². The van der Waals surface area contributed by atoms with E-state index in [1.807, 2.05) is 6.07 Å². The van der Waals surface area contributed by atoms with Gasteiger partial charge >= 0.3 is 0 Å². The molecule has 1 saturated carbocycles. The highest BCUT2D eigenvalue weighted by atomic mass is 16.5. The molecule has 0 bridgehead atoms. The van der Waals surface area contributed by atoms with Gasteiger partial charge in [0.2, 0.25) is 11.8 Å². The van der Waals surface area contributed by atoms with E-state index in [1.165, 1.54) is 29.2 Å². The molecule has 3 aromatic rings. The summed E-state index contributed by atoms with van der Waals surface area (Å²) in [5.74, 6) is 2.89. The van der Waals surface area contributed by atoms with Crippen LogP contribution in [0.5, 0.6) is 5.75 Å². The molecule has 1 atom stereocenters. The van der Waals surface area contributed by atoms with Gasteiger partial charge in [0.1, 0.15) is 5.75 Å². The van der Waals surface area contributed by atoms with E-state index < -0.39 is 0 Å². The molecule has 0 unspecified atom stereocenters. The summed E-state index contributed by atoms with van der Waals surface area (Å²) in [6, 6.07) is 12.6. The number of ether oxygens (including phenoxy) is 2. The van der Waals surface area contributed by atoms with Crippen molar-refractivity contribution in [2.45, 2.75) is 31.4 Å². The number of hydrogen-bond donors (Lipinski definition) is 0. The molecule has 1 aromatic heterocycles. The Bertz CT molecular complexity index is 951. The second-order valence-corrected chi connectivity index (χ2v) is 7.38. The van der Waals surface area contributed by atoms with E-state index in [1.54, 1.807) is 7.11 Å². The average molecular weight is 365 g/mol. The Hall–Kier alpha value is -2.44. The monoisotopic (exact) mass is 365 g/mol. The average Bonchev–Trinajstić information content (AvgIpc) is 3.47. The lowest BCUT2D eigenvalue weighted by molar-refractivity contribution is -0.0351. The maximum atomic E-state index is 6.05. The number of fused-ring (bicyclic) bond motifs is 1. The quantitative estimate of drug-likeness (QED) is 0.687. The molecule has 2 fully saturated rings. The predicted molar refractivity (Wildman–Crippen MR) is 101 cm³/mol. The zero-order chi connectivity index (χ0) is 18.2. The van der Waals surface area contributed by atoms with Gasteiger partial charge in [0.15, 0.2) is 0 Å². The fourth-order valence-corrected chi connectivity index (χ4v) is 3.63. The van der Waals surface area contributed by atoms with Crippen LogP contribution in [0.3, 0.4) is 0 Å². The molecule has 5 rings (SSSR count). The number of rotatable bonds is 5. The smallest absolute Gasteiger partial charge is 0.230 e. The Morgan fingerprint density at radius 3 is 2.81 bits per heavy atom. The number of nitrogens with zero attached hydrogens (tertiary/aromatic N) is 3. The minimum atomic E-state index is 0.0519. The molecule has 0 N–H and O–H groups in total. The van der Waals surface area contributed by atoms with E-state index in [9.17, 15) is 0 Å². The van der Waals surface area contributed by atoms with Gasteiger partial charge < -0.3 is 13.9 Å². The molecule has 1 aliphatic heterocycles. The van der Waals surface area contributed by atoms with Crippen LogP contribution in [-0.4, -0.2) is 41.9 Å². The van der Waals surface area contributed by atoms with Crippen LogP contribution in [0, 0.1) is 0 Å². The van der Waals surface area contributed by atoms with Crippen LogP contribution in [0.4, 0.5) is 0 Å². The number of morpholine rings is 1. The SMILES string of the molecule is COc1ccc2cc([C@H]3CN(Cc4nnc(C5CC5)o4)CCO3)ccc2c1. The highest BCUT2D eigenvalue weighted by Crippen LogP contribution is 2.39. The van der Waals surface area contributed by atoms with Gasteiger partial charge in [-0.2, -0.15) is 0 Å². The molecular formula is C21H23N3O3. The third-order valence-corrected chi connectivity index (χ3v) is 5.36. The minimum Gasteiger partial charge on any atom is -0.497 e. The summed E-state index contributed by atoms with van der Waals surface area (Å²) < 4.78 is 17.2. The number of hydrogen-bond acceptors (Lipinski definition) is 6. The fraction of sp³-hybridized carbons (Fsp3) is 0.429. The Kier molecular flexibility index (Phi) is 4.30. The maximum Gasteiger partial charge on any atom is 0.230 e. The molecule has 0 radical (unpaired) electrons. The zero-order valence-corrected chi connectivity index (χ0v) is 15.4. The summed E-state index contributed by atoms with van der Waals surface area (Å²) in [5, 5.41) is 10.8. The summed E-state index contributed by atoms with van der Waals surface area (Å²) in [6.07, 6.45) is 2.40. The van der Waals surface area contributed by atoms with Crippen LogP contribution >= 0.6 is 0 Å². The van der Waals surface area contributed by atoms with E-state index in [0.29, 0.717) is 25.0 Å². The first kappa shape index (κ1) is 16.7. The molecule has 0 spiro atoms. The minimum absolute atomic E-state index is 0.0519. The summed E-state index contributed by atoms with van der Waals surface area (Å²) in [4.78, 5) is 2.33. The summed E-state index contributed by atoms with van der Waals surface area (Å²) in [5.41, 5.74) is 1.20. The molecule has 140 valence electrons. The summed E-state index contributed by atoms with van der Waals surface area (Å²) in [6.45, 7) is 3.09. The molecule has 6 nitrogen and oxygen atoms in total. The molecule has 2 aromatic carbocycles. The van der Waals surface area contributed by atoms with Crippen molar-refractivity contribution in [3.05, 3.63) is 53.7 Å². The van der Waals surface area contributed by atoms with Crippen molar-refractivity contribution in [3.63, 3.8) is 0 Å². The van der Waals surface area contributed by atoms with E-state index in [2.05, 4.69) is 45.4 Å². The summed E-state index contributed by atoms with van der Waals surface area (Å²) >= 11 is 0. The normalized spacial score (nSPS) is 20.9. The van der Waals surface area contributed by atoms with Crippen molar-refractivity contribution in [2.75, 3.05) is 26.8 Å². The standard InChI is InChI=1S/C21H23N3O3/c1-25-18-7-6-15-10-17(5-4-16(15)11-18)19-12-24(8-9-26-19)13-20-22-23-21(27-20)14-2-3-14/h4-7,10-11,14,19H,2-3,8-9,12-13H2,1H3/t19-/m1/s1. The largest absolute Gasteiger partial charge is 0.497 e. The van der Waals surface area contributed by atoms with Gasteiger partial charge in [0.05, 0.1) is 26.4 Å². The van der Waals surface area contributed by atoms with Crippen LogP contribution in [0.15, 0.2) is 40.8 Å². The third-order valence-electron chi connectivity index (χ3n) is 5.36. The first-order valence-electron chi connectivity index (χ1n) is 9.52. The lowest BCUT2D eigenvalue weighted by atomic mass is 10.0. The van der Waals surface area contributed by atoms with Crippen molar-refractivity contribution < 1.29 is 13.9 Å². The van der Waals surface area contributed by atoms with Crippen LogP contribution < -0.4 is 4.74 Å². The summed E-state index contributed by atoms with van der Waals surface area (Å²) in [7, 11) is 1.69. The molecule has 6 heteroatoms. The molecule has 1 aliphatic carbocycles. The molecule has 1 saturated heterocycles. The molecule has 2 heterocycles. The van der Waals surface area contributed by atoms with Crippen LogP contribution in [0.25, 0.3) is 10.8 Å². The van der Waals surface area contributed by atoms with E-state index in [-0.39, 0.29) is 6.10 Å². The van der Waals surface area contributed by atoms with Gasteiger partial charge in [-0.25, -0.2) is 0 Å². The Morgan fingerprint density at radius 2 is 1.96 bits per heavy atom. The first-order chi connectivity index (χ1) is 13.3. The fourth-order valence-electron chi connectivity index (χ4n) is 3.63. The van der Waals surface area contributed by atoms with Crippen LogP contribution in [-0.2, 0) is 11.3 Å². The van der Waals surface area contributed by atoms with Crippen LogP contribution in [0.1, 0.15) is 42.2 Å². The van der Waals surface area contributed by atoms with Gasteiger partial charge in [0, 0.05) is 19.0 Å². The number of methoxy groups -OCH3 is 1. The number of benzene rings is 2. The predicted octanol–water partition coefficient (Wildman–Crippen LogP) is 3.68. The number of aromatic nitrogens is 2. The lowest BCUT2D eigenvalue weighted by Gasteiger charge is -2.32. The van der Waals surface area contributed by atoms with Crippen molar-refractivity contribution in [1.29, 1.82) is 0 Å². The van der Waals surface area contributed by atoms with Crippen molar-refractivity contribution in [2.24, 2.45) is 0 Å². The Labute approximate surface area is 158 Å². The van der Waals surface area contributed by atoms with Gasteiger partial charge in [-0.3, -0.25) is 4.90 Å². The van der Waals surface area contributed by atoms with Crippen molar-refractivity contribution in [3.8, 4) is 5.75 Å². The highest BCUT2D eigenvalue weighted by Gasteiger charge is 2.30. The van der Waals surface area contributed by atoms with Crippen molar-refractivity contribution in [1.82, 2.24) is 15.1 Å². The zero-order valence-electron chi connectivity index (χ0n) is 15.4.